The third kappa shape index (κ3) is 2.98. The van der Waals surface area contributed by atoms with Gasteiger partial charge in [0.1, 0.15) is 6.61 Å². The molecule has 0 saturated carbocycles. The maximum atomic E-state index is 12.9. The Labute approximate surface area is 163 Å². The van der Waals surface area contributed by atoms with Gasteiger partial charge in [-0.15, -0.1) is 10.2 Å². The Morgan fingerprint density at radius 1 is 1.10 bits per heavy atom. The second kappa shape index (κ2) is 6.41. The van der Waals surface area contributed by atoms with Gasteiger partial charge in [-0.1, -0.05) is 12.1 Å². The van der Waals surface area contributed by atoms with Crippen LogP contribution in [0, 0.1) is 6.92 Å². The Kier molecular flexibility index (Phi) is 3.95. The van der Waals surface area contributed by atoms with E-state index >= 15 is 0 Å². The second-order valence-corrected chi connectivity index (χ2v) is 7.04. The SMILES string of the molecule is Cc1[nH]nc2ccc(-c3nnc4n3C(c3ccc(C(F)(F)F)cc3)COC4)cc12. The minimum Gasteiger partial charge on any atom is -0.371 e. The van der Waals surface area contributed by atoms with Crippen LogP contribution in [-0.2, 0) is 17.5 Å². The molecular formula is C20H16F3N5O. The summed E-state index contributed by atoms with van der Waals surface area (Å²) in [6, 6.07) is 10.7. The molecule has 0 amide bonds. The number of hydrogen-bond donors (Lipinski definition) is 1. The third-order valence-corrected chi connectivity index (χ3v) is 5.21. The Hall–Kier alpha value is -3.20. The number of benzene rings is 2. The van der Waals surface area contributed by atoms with E-state index in [1.807, 2.05) is 29.7 Å². The van der Waals surface area contributed by atoms with Gasteiger partial charge in [0.15, 0.2) is 11.6 Å². The van der Waals surface area contributed by atoms with Gasteiger partial charge < -0.3 is 4.74 Å². The molecule has 1 N–H and O–H groups in total. The van der Waals surface area contributed by atoms with E-state index in [9.17, 15) is 13.2 Å². The third-order valence-electron chi connectivity index (χ3n) is 5.21. The fourth-order valence-electron chi connectivity index (χ4n) is 3.70. The van der Waals surface area contributed by atoms with Crippen LogP contribution in [0.25, 0.3) is 22.3 Å². The summed E-state index contributed by atoms with van der Waals surface area (Å²) < 4.78 is 46.3. The van der Waals surface area contributed by atoms with Crippen molar-refractivity contribution >= 4 is 10.9 Å². The number of rotatable bonds is 2. The molecule has 29 heavy (non-hydrogen) atoms. The highest BCUT2D eigenvalue weighted by molar-refractivity contribution is 5.85. The van der Waals surface area contributed by atoms with E-state index in [0.29, 0.717) is 30.4 Å². The zero-order valence-corrected chi connectivity index (χ0v) is 15.4. The van der Waals surface area contributed by atoms with E-state index in [4.69, 9.17) is 4.74 Å². The summed E-state index contributed by atoms with van der Waals surface area (Å²) in [6.07, 6.45) is -4.37. The molecule has 0 saturated heterocycles. The molecular weight excluding hydrogens is 383 g/mol. The quantitative estimate of drug-likeness (QED) is 0.547. The standard InChI is InChI=1S/C20H16F3N5O/c1-11-15-8-13(4-7-16(15)25-24-11)19-27-26-18-10-29-9-17(28(18)19)12-2-5-14(6-3-12)20(21,22)23/h2-8,17H,9-10H2,1H3,(H,24,25). The number of ether oxygens (including phenoxy) is 1. The molecule has 1 aliphatic heterocycles. The van der Waals surface area contributed by atoms with Gasteiger partial charge in [-0.2, -0.15) is 18.3 Å². The number of aromatic amines is 1. The van der Waals surface area contributed by atoms with E-state index in [1.165, 1.54) is 12.1 Å². The van der Waals surface area contributed by atoms with E-state index < -0.39 is 11.7 Å². The van der Waals surface area contributed by atoms with Crippen molar-refractivity contribution < 1.29 is 17.9 Å². The van der Waals surface area contributed by atoms with E-state index in [2.05, 4.69) is 20.4 Å². The topological polar surface area (TPSA) is 68.6 Å². The average molecular weight is 399 g/mol. The molecule has 1 unspecified atom stereocenters. The molecule has 2 aromatic carbocycles. The predicted octanol–water partition coefficient (Wildman–Crippen LogP) is 4.27. The van der Waals surface area contributed by atoms with E-state index in [0.717, 1.165) is 34.3 Å². The maximum absolute atomic E-state index is 12.9. The van der Waals surface area contributed by atoms with Crippen LogP contribution in [-0.4, -0.2) is 31.6 Å². The van der Waals surface area contributed by atoms with Crippen molar-refractivity contribution in [3.63, 3.8) is 0 Å². The van der Waals surface area contributed by atoms with Crippen LogP contribution in [0.2, 0.25) is 0 Å². The van der Waals surface area contributed by atoms with Crippen molar-refractivity contribution in [1.82, 2.24) is 25.0 Å². The molecule has 0 radical (unpaired) electrons. The number of aryl methyl sites for hydroxylation is 1. The summed E-state index contributed by atoms with van der Waals surface area (Å²) in [7, 11) is 0. The minimum absolute atomic E-state index is 0.303. The Bertz CT molecular complexity index is 1190. The van der Waals surface area contributed by atoms with Crippen LogP contribution in [0.5, 0.6) is 0 Å². The van der Waals surface area contributed by atoms with E-state index in [1.54, 1.807) is 0 Å². The number of halogens is 3. The van der Waals surface area contributed by atoms with Crippen molar-refractivity contribution in [3.8, 4) is 11.4 Å². The maximum Gasteiger partial charge on any atom is 0.416 e. The highest BCUT2D eigenvalue weighted by atomic mass is 19.4. The second-order valence-electron chi connectivity index (χ2n) is 7.04. The number of hydrogen-bond acceptors (Lipinski definition) is 4. The van der Waals surface area contributed by atoms with Gasteiger partial charge in [-0.3, -0.25) is 9.67 Å². The smallest absolute Gasteiger partial charge is 0.371 e. The van der Waals surface area contributed by atoms with Crippen LogP contribution in [0.3, 0.4) is 0 Å². The summed E-state index contributed by atoms with van der Waals surface area (Å²) in [5.41, 5.74) is 2.69. The van der Waals surface area contributed by atoms with Gasteiger partial charge >= 0.3 is 6.18 Å². The Morgan fingerprint density at radius 2 is 1.90 bits per heavy atom. The Balaban J connectivity index is 1.59. The summed E-state index contributed by atoms with van der Waals surface area (Å²) in [4.78, 5) is 0. The number of alkyl halides is 3. The van der Waals surface area contributed by atoms with Crippen LogP contribution in [0.15, 0.2) is 42.5 Å². The molecule has 2 aromatic heterocycles. The molecule has 3 heterocycles. The van der Waals surface area contributed by atoms with Crippen LogP contribution < -0.4 is 0 Å². The van der Waals surface area contributed by atoms with Gasteiger partial charge in [0.05, 0.1) is 23.7 Å². The molecule has 6 nitrogen and oxygen atoms in total. The van der Waals surface area contributed by atoms with Crippen molar-refractivity contribution in [2.45, 2.75) is 25.7 Å². The predicted molar refractivity (Wildman–Crippen MR) is 99.1 cm³/mol. The van der Waals surface area contributed by atoms with Crippen LogP contribution in [0.1, 0.15) is 28.7 Å². The first-order chi connectivity index (χ1) is 13.9. The molecule has 0 fully saturated rings. The summed E-state index contributed by atoms with van der Waals surface area (Å²) in [5, 5.41) is 16.8. The minimum atomic E-state index is -4.37. The van der Waals surface area contributed by atoms with Crippen molar-refractivity contribution in [2.75, 3.05) is 6.61 Å². The normalized spacial score (nSPS) is 16.9. The molecule has 0 bridgehead atoms. The zero-order chi connectivity index (χ0) is 20.2. The molecule has 1 atom stereocenters. The Morgan fingerprint density at radius 3 is 2.66 bits per heavy atom. The number of aromatic nitrogens is 5. The fraction of sp³-hybridized carbons (Fsp3) is 0.250. The summed E-state index contributed by atoms with van der Waals surface area (Å²) in [6.45, 7) is 2.57. The van der Waals surface area contributed by atoms with Crippen LogP contribution >= 0.6 is 0 Å². The molecule has 4 aromatic rings. The van der Waals surface area contributed by atoms with E-state index in [-0.39, 0.29) is 6.04 Å². The molecule has 148 valence electrons. The lowest BCUT2D eigenvalue weighted by molar-refractivity contribution is -0.137. The number of nitrogens with one attached hydrogen (secondary N) is 1. The van der Waals surface area contributed by atoms with Crippen molar-refractivity contribution in [1.29, 1.82) is 0 Å². The van der Waals surface area contributed by atoms with Gasteiger partial charge in [-0.05, 0) is 42.8 Å². The summed E-state index contributed by atoms with van der Waals surface area (Å²) >= 11 is 0. The van der Waals surface area contributed by atoms with Gasteiger partial charge in [0.2, 0.25) is 0 Å². The highest BCUT2D eigenvalue weighted by Crippen LogP contribution is 2.34. The van der Waals surface area contributed by atoms with Gasteiger partial charge in [-0.25, -0.2) is 0 Å². The zero-order valence-electron chi connectivity index (χ0n) is 15.4. The first-order valence-electron chi connectivity index (χ1n) is 9.05. The molecule has 1 aliphatic rings. The highest BCUT2D eigenvalue weighted by Gasteiger charge is 2.32. The first kappa shape index (κ1) is 17.9. The molecule has 5 rings (SSSR count). The monoisotopic (exact) mass is 399 g/mol. The number of H-pyrrole nitrogens is 1. The van der Waals surface area contributed by atoms with Crippen LogP contribution in [0.4, 0.5) is 13.2 Å². The van der Waals surface area contributed by atoms with Gasteiger partial charge in [0.25, 0.3) is 0 Å². The average Bonchev–Trinajstić information content (AvgIpc) is 3.31. The van der Waals surface area contributed by atoms with Crippen molar-refractivity contribution in [2.24, 2.45) is 0 Å². The lowest BCUT2D eigenvalue weighted by Crippen LogP contribution is -2.25. The first-order valence-corrected chi connectivity index (χ1v) is 9.05. The lowest BCUT2D eigenvalue weighted by atomic mass is 10.0. The largest absolute Gasteiger partial charge is 0.416 e. The van der Waals surface area contributed by atoms with Gasteiger partial charge in [0, 0.05) is 16.6 Å². The molecule has 9 heteroatoms. The number of fused-ring (bicyclic) bond motifs is 2. The van der Waals surface area contributed by atoms with Crippen molar-refractivity contribution in [3.05, 3.63) is 65.1 Å². The lowest BCUT2D eigenvalue weighted by Gasteiger charge is -2.27. The fourth-order valence-corrected chi connectivity index (χ4v) is 3.70. The number of nitrogens with zero attached hydrogens (tertiary/aromatic N) is 4. The molecule has 0 aliphatic carbocycles. The molecule has 0 spiro atoms. The summed E-state index contributed by atoms with van der Waals surface area (Å²) in [5.74, 6) is 1.29.